The molecule has 0 unspecified atom stereocenters. The van der Waals surface area contributed by atoms with Gasteiger partial charge >= 0.3 is 0 Å². The van der Waals surface area contributed by atoms with Gasteiger partial charge in [-0.1, -0.05) is 23.7 Å². The summed E-state index contributed by atoms with van der Waals surface area (Å²) in [7, 11) is -3.61. The summed E-state index contributed by atoms with van der Waals surface area (Å²) in [5.41, 5.74) is 1.44. The first-order valence-corrected chi connectivity index (χ1v) is 8.61. The van der Waals surface area contributed by atoms with E-state index in [9.17, 15) is 12.8 Å². The summed E-state index contributed by atoms with van der Waals surface area (Å²) < 4.78 is 39.7. The lowest BCUT2D eigenvalue weighted by Gasteiger charge is -2.08. The van der Waals surface area contributed by atoms with E-state index < -0.39 is 10.0 Å². The third kappa shape index (κ3) is 4.50. The van der Waals surface area contributed by atoms with Crippen LogP contribution in [-0.4, -0.2) is 19.9 Å². The lowest BCUT2D eigenvalue weighted by molar-refractivity contribution is 0.578. The molecule has 7 heteroatoms. The van der Waals surface area contributed by atoms with Gasteiger partial charge in [0.25, 0.3) is 0 Å². The fourth-order valence-corrected chi connectivity index (χ4v) is 3.16. The number of nitrogens with zero attached hydrogens (tertiary/aromatic N) is 1. The Morgan fingerprint density at radius 3 is 2.77 bits per heavy atom. The Kier molecular flexibility index (Phi) is 5.50. The Bertz CT molecular complexity index is 766. The number of halogens is 2. The van der Waals surface area contributed by atoms with Gasteiger partial charge in [-0.15, -0.1) is 0 Å². The highest BCUT2D eigenvalue weighted by Gasteiger charge is 2.15. The average molecular weight is 343 g/mol. The molecule has 0 atom stereocenters. The van der Waals surface area contributed by atoms with Crippen LogP contribution in [0.2, 0.25) is 5.15 Å². The molecule has 4 nitrogen and oxygen atoms in total. The number of aromatic nitrogens is 1. The molecule has 1 heterocycles. The highest BCUT2D eigenvalue weighted by Crippen LogP contribution is 2.16. The predicted molar refractivity (Wildman–Crippen MR) is 83.9 cm³/mol. The van der Waals surface area contributed by atoms with E-state index in [4.69, 9.17) is 11.6 Å². The summed E-state index contributed by atoms with van der Waals surface area (Å²) >= 11 is 5.78. The van der Waals surface area contributed by atoms with E-state index in [1.165, 1.54) is 24.4 Å². The summed E-state index contributed by atoms with van der Waals surface area (Å²) in [6.07, 6.45) is 2.39. The minimum absolute atomic E-state index is 0.0835. The van der Waals surface area contributed by atoms with Crippen molar-refractivity contribution in [1.82, 2.24) is 9.71 Å². The maximum Gasteiger partial charge on any atom is 0.242 e. The maximum absolute atomic E-state index is 13.0. The number of nitrogens with one attached hydrogen (secondary N) is 1. The zero-order valence-electron chi connectivity index (χ0n) is 12.0. The molecule has 0 spiro atoms. The van der Waals surface area contributed by atoms with Crippen molar-refractivity contribution >= 4 is 21.6 Å². The summed E-state index contributed by atoms with van der Waals surface area (Å²) in [6, 6.07) is 7.74. The van der Waals surface area contributed by atoms with Crippen molar-refractivity contribution in [2.75, 3.05) is 6.54 Å². The van der Waals surface area contributed by atoms with Crippen LogP contribution in [-0.2, 0) is 16.4 Å². The lowest BCUT2D eigenvalue weighted by Crippen LogP contribution is -2.25. The molecule has 0 aliphatic rings. The van der Waals surface area contributed by atoms with Crippen LogP contribution in [0.1, 0.15) is 17.5 Å². The van der Waals surface area contributed by atoms with Crippen LogP contribution in [0.15, 0.2) is 41.4 Å². The minimum atomic E-state index is -3.61. The fraction of sp³-hybridized carbons (Fsp3) is 0.267. The molecule has 1 aromatic heterocycles. The zero-order chi connectivity index (χ0) is 16.2. The normalized spacial score (nSPS) is 11.6. The van der Waals surface area contributed by atoms with Crippen molar-refractivity contribution in [1.29, 1.82) is 0 Å². The molecular formula is C15H16ClFN2O2S. The highest BCUT2D eigenvalue weighted by molar-refractivity contribution is 7.89. The lowest BCUT2D eigenvalue weighted by atomic mass is 10.1. The third-order valence-corrected chi connectivity index (χ3v) is 4.95. The van der Waals surface area contributed by atoms with Gasteiger partial charge in [0, 0.05) is 12.7 Å². The maximum atomic E-state index is 13.0. The monoisotopic (exact) mass is 342 g/mol. The molecule has 22 heavy (non-hydrogen) atoms. The van der Waals surface area contributed by atoms with Gasteiger partial charge in [0.15, 0.2) is 0 Å². The number of pyridine rings is 1. The molecule has 1 N–H and O–H groups in total. The Balaban J connectivity index is 1.91. The van der Waals surface area contributed by atoms with Gasteiger partial charge in [-0.25, -0.2) is 22.5 Å². The van der Waals surface area contributed by atoms with E-state index in [-0.39, 0.29) is 22.4 Å². The second kappa shape index (κ2) is 7.17. The van der Waals surface area contributed by atoms with Crippen LogP contribution >= 0.6 is 11.6 Å². The molecule has 0 bridgehead atoms. The van der Waals surface area contributed by atoms with Crippen molar-refractivity contribution in [2.24, 2.45) is 0 Å². The average Bonchev–Trinajstić information content (AvgIpc) is 2.46. The molecule has 0 saturated heterocycles. The van der Waals surface area contributed by atoms with Crippen LogP contribution in [0, 0.1) is 12.7 Å². The van der Waals surface area contributed by atoms with E-state index >= 15 is 0 Å². The van der Waals surface area contributed by atoms with Gasteiger partial charge in [0.1, 0.15) is 15.9 Å². The Morgan fingerprint density at radius 1 is 1.32 bits per heavy atom. The molecule has 0 fully saturated rings. The number of rotatable bonds is 6. The highest BCUT2D eigenvalue weighted by atomic mass is 35.5. The van der Waals surface area contributed by atoms with Crippen LogP contribution in [0.5, 0.6) is 0 Å². The van der Waals surface area contributed by atoms with Gasteiger partial charge in [-0.3, -0.25) is 0 Å². The van der Waals surface area contributed by atoms with Crippen molar-refractivity contribution < 1.29 is 12.8 Å². The van der Waals surface area contributed by atoms with Crippen LogP contribution in [0.25, 0.3) is 0 Å². The molecule has 0 radical (unpaired) electrons. The van der Waals surface area contributed by atoms with E-state index in [0.29, 0.717) is 18.4 Å². The topological polar surface area (TPSA) is 59.1 Å². The van der Waals surface area contributed by atoms with E-state index in [1.54, 1.807) is 13.0 Å². The van der Waals surface area contributed by atoms with Crippen molar-refractivity contribution in [2.45, 2.75) is 24.7 Å². The van der Waals surface area contributed by atoms with Crippen molar-refractivity contribution in [3.8, 4) is 0 Å². The molecule has 2 aromatic rings. The first-order valence-electron chi connectivity index (χ1n) is 6.75. The number of hydrogen-bond donors (Lipinski definition) is 1. The molecule has 2 rings (SSSR count). The van der Waals surface area contributed by atoms with Crippen LogP contribution in [0.3, 0.4) is 0 Å². The van der Waals surface area contributed by atoms with Gasteiger partial charge in [-0.2, -0.15) is 0 Å². The second-order valence-corrected chi connectivity index (χ2v) is 7.03. The second-order valence-electron chi connectivity index (χ2n) is 4.91. The fourth-order valence-electron chi connectivity index (χ4n) is 1.95. The van der Waals surface area contributed by atoms with Crippen molar-refractivity contribution in [3.63, 3.8) is 0 Å². The smallest absolute Gasteiger partial charge is 0.242 e. The first kappa shape index (κ1) is 16.9. The summed E-state index contributed by atoms with van der Waals surface area (Å²) in [4.78, 5) is 3.92. The molecule has 0 saturated carbocycles. The molecule has 0 aliphatic carbocycles. The van der Waals surface area contributed by atoms with Gasteiger partial charge in [0.05, 0.1) is 0 Å². The van der Waals surface area contributed by atoms with Gasteiger partial charge < -0.3 is 0 Å². The Morgan fingerprint density at radius 2 is 2.09 bits per heavy atom. The number of aryl methyl sites for hydroxylation is 2. The van der Waals surface area contributed by atoms with Crippen LogP contribution in [0.4, 0.5) is 4.39 Å². The molecule has 0 amide bonds. The zero-order valence-corrected chi connectivity index (χ0v) is 13.6. The largest absolute Gasteiger partial charge is 0.243 e. The van der Waals surface area contributed by atoms with E-state index in [0.717, 1.165) is 5.56 Å². The standard InChI is InChI=1S/C15H16ClFN2O2S/c1-11-8-14(10-18-15(11)16)22(20,21)19-7-3-5-12-4-2-6-13(17)9-12/h2,4,6,8-10,19H,3,5,7H2,1H3. The third-order valence-electron chi connectivity index (χ3n) is 3.12. The number of sulfonamides is 1. The predicted octanol–water partition coefficient (Wildman–Crippen LogP) is 3.09. The number of hydrogen-bond acceptors (Lipinski definition) is 3. The molecule has 1 aromatic carbocycles. The Labute approximate surface area is 134 Å². The number of benzene rings is 1. The Hall–Kier alpha value is -1.50. The molecular weight excluding hydrogens is 327 g/mol. The summed E-state index contributed by atoms with van der Waals surface area (Å²) in [6.45, 7) is 1.96. The summed E-state index contributed by atoms with van der Waals surface area (Å²) in [5, 5.41) is 0.282. The van der Waals surface area contributed by atoms with Crippen molar-refractivity contribution in [3.05, 3.63) is 58.6 Å². The van der Waals surface area contributed by atoms with E-state index in [1.807, 2.05) is 6.07 Å². The quantitative estimate of drug-likeness (QED) is 0.648. The van der Waals surface area contributed by atoms with Gasteiger partial charge in [0.2, 0.25) is 10.0 Å². The van der Waals surface area contributed by atoms with Gasteiger partial charge in [-0.05, 0) is 49.1 Å². The molecule has 0 aliphatic heterocycles. The van der Waals surface area contributed by atoms with Crippen LogP contribution < -0.4 is 4.72 Å². The molecule has 118 valence electrons. The van der Waals surface area contributed by atoms with E-state index in [2.05, 4.69) is 9.71 Å². The SMILES string of the molecule is Cc1cc(S(=O)(=O)NCCCc2cccc(F)c2)cnc1Cl. The minimum Gasteiger partial charge on any atom is -0.243 e. The summed E-state index contributed by atoms with van der Waals surface area (Å²) in [5.74, 6) is -0.291. The first-order chi connectivity index (χ1) is 10.4.